The molecule has 170 valence electrons. The molecule has 0 saturated heterocycles. The van der Waals surface area contributed by atoms with Gasteiger partial charge in [-0.2, -0.15) is 8.42 Å². The maximum atomic E-state index is 13.0. The molecule has 0 aliphatic heterocycles. The number of carbonyl (C=O) groups is 1. The molecule has 1 aromatic heterocycles. The molecule has 8 heteroatoms. The third kappa shape index (κ3) is 2.95. The molecule has 32 heavy (non-hydrogen) atoms. The standard InChI is InChI=1S/C24H28N2O5S/c1-24(28)16-9-8-15(11-16)22-19(24)12-20(31-22)32(29,30)26-23(27)25-21-17-6-2-4-13(17)10-14-5-3-7-18(14)21/h10,12,15-16,28H,2-9,11H2,1H3,(H2,25,26,27). The summed E-state index contributed by atoms with van der Waals surface area (Å²) in [6.45, 7) is 1.72. The van der Waals surface area contributed by atoms with Crippen molar-refractivity contribution in [1.29, 1.82) is 0 Å². The molecule has 4 aliphatic rings. The number of hydrogen-bond acceptors (Lipinski definition) is 5. The molecule has 1 heterocycles. The molecule has 4 aliphatic carbocycles. The van der Waals surface area contributed by atoms with Crippen LogP contribution in [0.2, 0.25) is 0 Å². The smallest absolute Gasteiger partial charge is 0.333 e. The lowest BCUT2D eigenvalue weighted by atomic mass is 9.76. The number of carbonyl (C=O) groups excluding carboxylic acids is 1. The van der Waals surface area contributed by atoms with Gasteiger partial charge in [-0.1, -0.05) is 6.07 Å². The summed E-state index contributed by atoms with van der Waals surface area (Å²) in [5.41, 5.74) is 5.01. The Balaban J connectivity index is 1.28. The summed E-state index contributed by atoms with van der Waals surface area (Å²) in [5.74, 6) is 0.775. The number of amides is 2. The topological polar surface area (TPSA) is 109 Å². The number of rotatable bonds is 3. The van der Waals surface area contributed by atoms with Gasteiger partial charge in [-0.25, -0.2) is 9.52 Å². The molecule has 2 aromatic rings. The highest BCUT2D eigenvalue weighted by molar-refractivity contribution is 7.89. The first kappa shape index (κ1) is 20.3. The van der Waals surface area contributed by atoms with Crippen molar-refractivity contribution in [3.05, 3.63) is 45.7 Å². The average Bonchev–Trinajstić information content (AvgIpc) is 3.50. The fourth-order valence-corrected chi connectivity index (χ4v) is 7.31. The number of sulfonamides is 1. The second-order valence-electron chi connectivity index (χ2n) is 9.99. The van der Waals surface area contributed by atoms with E-state index in [1.165, 1.54) is 17.2 Å². The lowest BCUT2D eigenvalue weighted by molar-refractivity contribution is -0.0115. The van der Waals surface area contributed by atoms with Crippen LogP contribution in [0.1, 0.15) is 78.5 Å². The van der Waals surface area contributed by atoms with Crippen LogP contribution in [0.25, 0.3) is 0 Å². The van der Waals surface area contributed by atoms with E-state index >= 15 is 0 Å². The van der Waals surface area contributed by atoms with E-state index in [4.69, 9.17) is 4.42 Å². The molecule has 3 atom stereocenters. The highest BCUT2D eigenvalue weighted by atomic mass is 32.2. The minimum absolute atomic E-state index is 0.103. The number of fused-ring (bicyclic) bond motifs is 6. The number of urea groups is 1. The maximum Gasteiger partial charge on any atom is 0.333 e. The van der Waals surface area contributed by atoms with E-state index in [0.717, 1.165) is 74.6 Å². The third-order valence-corrected chi connectivity index (χ3v) is 9.27. The number of anilines is 1. The van der Waals surface area contributed by atoms with Crippen LogP contribution in [0.15, 0.2) is 21.6 Å². The normalized spacial score (nSPS) is 27.7. The maximum absolute atomic E-state index is 13.0. The monoisotopic (exact) mass is 456 g/mol. The summed E-state index contributed by atoms with van der Waals surface area (Å²) in [4.78, 5) is 12.8. The van der Waals surface area contributed by atoms with Crippen molar-refractivity contribution in [3.63, 3.8) is 0 Å². The summed E-state index contributed by atoms with van der Waals surface area (Å²) in [6, 6.07) is 2.88. The van der Waals surface area contributed by atoms with Crippen molar-refractivity contribution in [2.45, 2.75) is 81.3 Å². The lowest BCUT2D eigenvalue weighted by Crippen LogP contribution is -2.35. The predicted octanol–water partition coefficient (Wildman–Crippen LogP) is 3.87. The Hall–Kier alpha value is -2.32. The van der Waals surface area contributed by atoms with E-state index in [0.29, 0.717) is 11.3 Å². The Morgan fingerprint density at radius 1 is 1.09 bits per heavy atom. The number of aryl methyl sites for hydroxylation is 2. The fourth-order valence-electron chi connectivity index (χ4n) is 6.44. The molecule has 1 saturated carbocycles. The number of benzene rings is 1. The average molecular weight is 457 g/mol. The Morgan fingerprint density at radius 2 is 1.78 bits per heavy atom. The van der Waals surface area contributed by atoms with Gasteiger partial charge in [0.25, 0.3) is 10.0 Å². The van der Waals surface area contributed by atoms with Crippen LogP contribution in [-0.4, -0.2) is 19.6 Å². The van der Waals surface area contributed by atoms with Crippen LogP contribution in [0.5, 0.6) is 0 Å². The number of nitrogens with one attached hydrogen (secondary N) is 2. The van der Waals surface area contributed by atoms with Crippen LogP contribution in [-0.2, 0) is 41.3 Å². The zero-order valence-electron chi connectivity index (χ0n) is 18.2. The highest BCUT2D eigenvalue weighted by Crippen LogP contribution is 2.55. The van der Waals surface area contributed by atoms with Gasteiger partial charge < -0.3 is 14.8 Å². The van der Waals surface area contributed by atoms with Gasteiger partial charge in [0, 0.05) is 23.2 Å². The van der Waals surface area contributed by atoms with Gasteiger partial charge in [-0.15, -0.1) is 0 Å². The van der Waals surface area contributed by atoms with Crippen molar-refractivity contribution in [2.24, 2.45) is 5.92 Å². The molecule has 7 nitrogen and oxygen atoms in total. The van der Waals surface area contributed by atoms with Crippen molar-refractivity contribution in [1.82, 2.24) is 4.72 Å². The van der Waals surface area contributed by atoms with Gasteiger partial charge >= 0.3 is 6.03 Å². The molecular formula is C24H28N2O5S. The zero-order valence-corrected chi connectivity index (χ0v) is 19.0. The van der Waals surface area contributed by atoms with Gasteiger partial charge in [0.2, 0.25) is 5.09 Å². The Bertz CT molecular complexity index is 1210. The van der Waals surface area contributed by atoms with E-state index in [1.54, 1.807) is 6.92 Å². The Morgan fingerprint density at radius 3 is 2.47 bits per heavy atom. The molecule has 0 radical (unpaired) electrons. The molecule has 0 spiro atoms. The number of aliphatic hydroxyl groups is 1. The summed E-state index contributed by atoms with van der Waals surface area (Å²) in [5, 5.41) is 13.5. The first-order valence-electron chi connectivity index (χ1n) is 11.6. The van der Waals surface area contributed by atoms with Crippen molar-refractivity contribution in [2.75, 3.05) is 5.32 Å². The van der Waals surface area contributed by atoms with E-state index in [-0.39, 0.29) is 16.9 Å². The van der Waals surface area contributed by atoms with Gasteiger partial charge in [-0.05, 0) is 92.9 Å². The van der Waals surface area contributed by atoms with Gasteiger partial charge in [-0.3, -0.25) is 0 Å². The minimum atomic E-state index is -4.21. The summed E-state index contributed by atoms with van der Waals surface area (Å²) in [6.07, 6.45) is 8.45. The van der Waals surface area contributed by atoms with Gasteiger partial charge in [0.05, 0.1) is 5.60 Å². The fraction of sp³-hybridized carbons (Fsp3) is 0.542. The molecular weight excluding hydrogens is 428 g/mol. The Kier molecular flexibility index (Phi) is 4.34. The van der Waals surface area contributed by atoms with Gasteiger partial charge in [0.15, 0.2) is 0 Å². The number of furan rings is 1. The van der Waals surface area contributed by atoms with E-state index in [2.05, 4.69) is 16.1 Å². The summed E-state index contributed by atoms with van der Waals surface area (Å²) >= 11 is 0. The molecule has 3 N–H and O–H groups in total. The van der Waals surface area contributed by atoms with Gasteiger partial charge in [0.1, 0.15) is 5.76 Å². The predicted molar refractivity (Wildman–Crippen MR) is 118 cm³/mol. The van der Waals surface area contributed by atoms with Crippen molar-refractivity contribution >= 4 is 21.7 Å². The van der Waals surface area contributed by atoms with Crippen LogP contribution < -0.4 is 10.0 Å². The zero-order chi connectivity index (χ0) is 22.3. The quantitative estimate of drug-likeness (QED) is 0.650. The SMILES string of the molecule is CC1(O)c2cc(S(=O)(=O)NC(=O)Nc3c4c(cc5c3CCC5)CCC4)oc2C2CCC1C2. The highest BCUT2D eigenvalue weighted by Gasteiger charge is 2.49. The molecule has 2 bridgehead atoms. The summed E-state index contributed by atoms with van der Waals surface area (Å²) < 4.78 is 33.9. The van der Waals surface area contributed by atoms with Crippen LogP contribution >= 0.6 is 0 Å². The molecule has 6 rings (SSSR count). The lowest BCUT2D eigenvalue weighted by Gasteiger charge is -2.33. The first-order valence-corrected chi connectivity index (χ1v) is 13.1. The largest absolute Gasteiger partial charge is 0.447 e. The van der Waals surface area contributed by atoms with E-state index in [9.17, 15) is 18.3 Å². The molecule has 1 fully saturated rings. The summed E-state index contributed by atoms with van der Waals surface area (Å²) in [7, 11) is -4.21. The van der Waals surface area contributed by atoms with E-state index in [1.807, 2.05) is 0 Å². The number of hydrogen-bond donors (Lipinski definition) is 3. The second kappa shape index (κ2) is 6.84. The minimum Gasteiger partial charge on any atom is -0.447 e. The molecule has 2 amide bonds. The van der Waals surface area contributed by atoms with Crippen LogP contribution in [0.4, 0.5) is 10.5 Å². The van der Waals surface area contributed by atoms with Crippen molar-refractivity contribution in [3.8, 4) is 0 Å². The molecule has 3 unspecified atom stereocenters. The molecule has 1 aromatic carbocycles. The van der Waals surface area contributed by atoms with Crippen LogP contribution in [0, 0.1) is 5.92 Å². The van der Waals surface area contributed by atoms with Crippen LogP contribution in [0.3, 0.4) is 0 Å². The van der Waals surface area contributed by atoms with Crippen molar-refractivity contribution < 1.29 is 22.7 Å². The first-order chi connectivity index (χ1) is 15.2. The third-order valence-electron chi connectivity index (χ3n) is 8.09. The Labute approximate surface area is 187 Å². The second-order valence-corrected chi connectivity index (χ2v) is 11.6. The van der Waals surface area contributed by atoms with E-state index < -0.39 is 21.7 Å².